The average Bonchev–Trinajstić information content (AvgIpc) is 2.23. The van der Waals surface area contributed by atoms with Gasteiger partial charge in [-0.3, -0.25) is 0 Å². The fourth-order valence-corrected chi connectivity index (χ4v) is 1.59. The summed E-state index contributed by atoms with van der Waals surface area (Å²) in [4.78, 5) is 11.5. The van der Waals surface area contributed by atoms with Gasteiger partial charge in [0.1, 0.15) is 0 Å². The number of nitrogens with zero attached hydrogens (tertiary/aromatic N) is 3. The molecule has 0 fully saturated rings. The van der Waals surface area contributed by atoms with E-state index in [9.17, 15) is 13.2 Å². The first kappa shape index (κ1) is 15.1. The van der Waals surface area contributed by atoms with E-state index in [0.29, 0.717) is 6.54 Å². The summed E-state index contributed by atoms with van der Waals surface area (Å²) in [5, 5.41) is 5.46. The molecule has 0 radical (unpaired) electrons. The number of halogens is 4. The van der Waals surface area contributed by atoms with Gasteiger partial charge in [0.25, 0.3) is 0 Å². The van der Waals surface area contributed by atoms with Crippen molar-refractivity contribution in [2.24, 2.45) is 0 Å². The van der Waals surface area contributed by atoms with Crippen molar-refractivity contribution in [2.75, 3.05) is 29.5 Å². The third kappa shape index (κ3) is 6.10. The van der Waals surface area contributed by atoms with Crippen LogP contribution in [0.25, 0.3) is 0 Å². The summed E-state index contributed by atoms with van der Waals surface area (Å²) in [5.41, 5.74) is -4.23. The number of aromatic nitrogens is 3. The van der Waals surface area contributed by atoms with Crippen LogP contribution in [0.15, 0.2) is 0 Å². The molecule has 0 aliphatic heterocycles. The minimum absolute atomic E-state index is 0.0214. The standard InChI is InChI=1S/C8H11ClF3N5S/c1-2-13-6-15-5(9)16-7(17-6)14-3-4-18-8(10,11)12/h2-4H2,1H3,(H2,13,14,15,16,17). The maximum Gasteiger partial charge on any atom is 0.441 e. The Bertz CT molecular complexity index is 389. The quantitative estimate of drug-likeness (QED) is 0.788. The van der Waals surface area contributed by atoms with Gasteiger partial charge in [0.2, 0.25) is 17.2 Å². The van der Waals surface area contributed by atoms with Crippen LogP contribution in [0.2, 0.25) is 5.28 Å². The molecule has 0 saturated carbocycles. The van der Waals surface area contributed by atoms with Gasteiger partial charge in [0.05, 0.1) is 0 Å². The van der Waals surface area contributed by atoms with E-state index in [1.54, 1.807) is 0 Å². The molecule has 0 atom stereocenters. The van der Waals surface area contributed by atoms with Crippen molar-refractivity contribution in [3.8, 4) is 0 Å². The minimum atomic E-state index is -4.23. The molecule has 5 nitrogen and oxygen atoms in total. The average molecular weight is 302 g/mol. The summed E-state index contributed by atoms with van der Waals surface area (Å²) < 4.78 is 35.6. The highest BCUT2D eigenvalue weighted by atomic mass is 35.5. The maximum atomic E-state index is 11.9. The lowest BCUT2D eigenvalue weighted by Crippen LogP contribution is -2.13. The third-order valence-corrected chi connectivity index (χ3v) is 2.50. The Morgan fingerprint density at radius 1 is 1.17 bits per heavy atom. The van der Waals surface area contributed by atoms with E-state index in [1.807, 2.05) is 6.92 Å². The molecule has 1 aromatic heterocycles. The molecule has 0 amide bonds. The molecular weight excluding hydrogens is 291 g/mol. The summed E-state index contributed by atoms with van der Waals surface area (Å²) in [5.74, 6) is 0.292. The number of hydrogen-bond donors (Lipinski definition) is 2. The molecule has 18 heavy (non-hydrogen) atoms. The Morgan fingerprint density at radius 2 is 1.78 bits per heavy atom. The first-order chi connectivity index (χ1) is 8.40. The van der Waals surface area contributed by atoms with Crippen LogP contribution in [-0.4, -0.2) is 39.3 Å². The van der Waals surface area contributed by atoms with Crippen LogP contribution in [0, 0.1) is 0 Å². The van der Waals surface area contributed by atoms with Crippen LogP contribution < -0.4 is 10.6 Å². The molecular formula is C8H11ClF3N5S. The van der Waals surface area contributed by atoms with Gasteiger partial charge in [-0.05, 0) is 30.3 Å². The molecule has 1 rings (SSSR count). The van der Waals surface area contributed by atoms with E-state index >= 15 is 0 Å². The fraction of sp³-hybridized carbons (Fsp3) is 0.625. The van der Waals surface area contributed by atoms with Crippen molar-refractivity contribution in [3.63, 3.8) is 0 Å². The SMILES string of the molecule is CCNc1nc(Cl)nc(NCCSC(F)(F)F)n1. The molecule has 0 unspecified atom stereocenters. The second kappa shape index (κ2) is 6.83. The zero-order chi connectivity index (χ0) is 13.6. The highest BCUT2D eigenvalue weighted by Gasteiger charge is 2.27. The molecule has 10 heteroatoms. The van der Waals surface area contributed by atoms with Crippen molar-refractivity contribution in [1.82, 2.24) is 15.0 Å². The summed E-state index contributed by atoms with van der Waals surface area (Å²) in [6.07, 6.45) is 0. The van der Waals surface area contributed by atoms with E-state index in [-0.39, 0.29) is 41.2 Å². The number of anilines is 2. The number of alkyl halides is 3. The monoisotopic (exact) mass is 301 g/mol. The van der Waals surface area contributed by atoms with E-state index in [4.69, 9.17) is 11.6 Å². The molecule has 0 aromatic carbocycles. The molecule has 102 valence electrons. The molecule has 0 aliphatic carbocycles. The van der Waals surface area contributed by atoms with Crippen molar-refractivity contribution < 1.29 is 13.2 Å². The molecule has 0 bridgehead atoms. The normalized spacial score (nSPS) is 11.4. The molecule has 0 saturated heterocycles. The molecule has 0 aliphatic rings. The van der Waals surface area contributed by atoms with Gasteiger partial charge in [-0.15, -0.1) is 0 Å². The maximum absolute atomic E-state index is 11.9. The van der Waals surface area contributed by atoms with Crippen LogP contribution in [0.5, 0.6) is 0 Å². The first-order valence-electron chi connectivity index (χ1n) is 5.00. The number of thioether (sulfide) groups is 1. The number of rotatable bonds is 6. The van der Waals surface area contributed by atoms with Crippen LogP contribution >= 0.6 is 23.4 Å². The van der Waals surface area contributed by atoms with Gasteiger partial charge in [-0.2, -0.15) is 28.1 Å². The van der Waals surface area contributed by atoms with Crippen LogP contribution in [0.3, 0.4) is 0 Å². The van der Waals surface area contributed by atoms with Crippen molar-refractivity contribution in [3.05, 3.63) is 5.28 Å². The van der Waals surface area contributed by atoms with Crippen molar-refractivity contribution in [2.45, 2.75) is 12.4 Å². The lowest BCUT2D eigenvalue weighted by Gasteiger charge is -2.08. The zero-order valence-electron chi connectivity index (χ0n) is 9.38. The summed E-state index contributed by atoms with van der Waals surface area (Å²) >= 11 is 5.53. The van der Waals surface area contributed by atoms with Gasteiger partial charge in [0.15, 0.2) is 0 Å². The summed E-state index contributed by atoms with van der Waals surface area (Å²) in [6, 6.07) is 0. The lowest BCUT2D eigenvalue weighted by molar-refractivity contribution is -0.0327. The lowest BCUT2D eigenvalue weighted by atomic mass is 10.7. The van der Waals surface area contributed by atoms with E-state index in [0.717, 1.165) is 0 Å². The van der Waals surface area contributed by atoms with Crippen molar-refractivity contribution >= 4 is 35.3 Å². The van der Waals surface area contributed by atoms with Crippen LogP contribution in [0.1, 0.15) is 6.92 Å². The van der Waals surface area contributed by atoms with Crippen LogP contribution in [0.4, 0.5) is 25.1 Å². The van der Waals surface area contributed by atoms with E-state index in [1.165, 1.54) is 0 Å². The second-order valence-corrected chi connectivity index (χ2v) is 4.50. The predicted octanol–water partition coefficient (Wildman–Crippen LogP) is 2.62. The smallest absolute Gasteiger partial charge is 0.354 e. The summed E-state index contributed by atoms with van der Waals surface area (Å²) in [7, 11) is 0. The Labute approximate surface area is 111 Å². The third-order valence-electron chi connectivity index (χ3n) is 1.59. The Morgan fingerprint density at radius 3 is 2.33 bits per heavy atom. The zero-order valence-corrected chi connectivity index (χ0v) is 11.0. The fourth-order valence-electron chi connectivity index (χ4n) is 0.996. The minimum Gasteiger partial charge on any atom is -0.354 e. The topological polar surface area (TPSA) is 62.7 Å². The Kier molecular flexibility index (Phi) is 5.73. The number of hydrogen-bond acceptors (Lipinski definition) is 6. The highest BCUT2D eigenvalue weighted by Crippen LogP contribution is 2.29. The van der Waals surface area contributed by atoms with Gasteiger partial charge in [0, 0.05) is 18.8 Å². The molecule has 0 spiro atoms. The number of nitrogens with one attached hydrogen (secondary N) is 2. The van der Waals surface area contributed by atoms with Gasteiger partial charge in [-0.1, -0.05) is 0 Å². The predicted molar refractivity (Wildman–Crippen MR) is 66.0 cm³/mol. The van der Waals surface area contributed by atoms with Crippen molar-refractivity contribution in [1.29, 1.82) is 0 Å². The van der Waals surface area contributed by atoms with Gasteiger partial charge in [-0.25, -0.2) is 0 Å². The Balaban J connectivity index is 2.46. The largest absolute Gasteiger partial charge is 0.441 e. The van der Waals surface area contributed by atoms with Gasteiger partial charge >= 0.3 is 5.51 Å². The molecule has 1 aromatic rings. The summed E-state index contributed by atoms with van der Waals surface area (Å²) in [6.45, 7) is 2.53. The van der Waals surface area contributed by atoms with E-state index in [2.05, 4.69) is 25.6 Å². The second-order valence-electron chi connectivity index (χ2n) is 3.00. The van der Waals surface area contributed by atoms with Gasteiger partial charge < -0.3 is 10.6 Å². The first-order valence-corrected chi connectivity index (χ1v) is 6.37. The van der Waals surface area contributed by atoms with Crippen LogP contribution in [-0.2, 0) is 0 Å². The molecule has 1 heterocycles. The van der Waals surface area contributed by atoms with E-state index < -0.39 is 5.51 Å². The molecule has 2 N–H and O–H groups in total. The Hall–Kier alpha value is -0.960. The highest BCUT2D eigenvalue weighted by molar-refractivity contribution is 8.00.